The highest BCUT2D eigenvalue weighted by Gasteiger charge is 2.45. The Hall–Kier alpha value is -0.990. The van der Waals surface area contributed by atoms with E-state index >= 15 is 0 Å². The fourth-order valence-electron chi connectivity index (χ4n) is 2.37. The quantitative estimate of drug-likeness (QED) is 0.245. The van der Waals surface area contributed by atoms with E-state index in [-0.39, 0.29) is 5.82 Å². The first kappa shape index (κ1) is 24.3. The number of phosphoric ester groups is 1. The molecule has 1 aliphatic heterocycles. The summed E-state index contributed by atoms with van der Waals surface area (Å²) in [7, 11) is -16.5. The van der Waals surface area contributed by atoms with Crippen LogP contribution >= 0.6 is 23.5 Å². The van der Waals surface area contributed by atoms with Crippen molar-refractivity contribution >= 4 is 29.3 Å². The van der Waals surface area contributed by atoms with Gasteiger partial charge in [-0.2, -0.15) is 13.6 Å². The normalized spacial score (nSPS) is 29.3. The van der Waals surface area contributed by atoms with E-state index in [0.717, 1.165) is 4.57 Å². The van der Waals surface area contributed by atoms with E-state index < -0.39 is 60.1 Å². The fourth-order valence-corrected chi connectivity index (χ4v) is 5.40. The topological polar surface area (TPSA) is 250 Å². The molecule has 1 aliphatic rings. The first-order valence-corrected chi connectivity index (χ1v) is 12.1. The number of aromatic nitrogens is 2. The molecule has 29 heavy (non-hydrogen) atoms. The second-order valence-electron chi connectivity index (χ2n) is 5.84. The van der Waals surface area contributed by atoms with Gasteiger partial charge in [-0.3, -0.25) is 9.09 Å². The number of anilines is 1. The Balaban J connectivity index is 2.05. The van der Waals surface area contributed by atoms with E-state index in [1.165, 1.54) is 19.2 Å². The van der Waals surface area contributed by atoms with Crippen molar-refractivity contribution in [3.8, 4) is 0 Å². The van der Waals surface area contributed by atoms with Crippen molar-refractivity contribution in [2.45, 2.75) is 25.4 Å². The summed E-state index contributed by atoms with van der Waals surface area (Å²) in [4.78, 5) is 50.9. The van der Waals surface area contributed by atoms with Crippen molar-refractivity contribution in [3.63, 3.8) is 0 Å². The monoisotopic (exact) mass is 481 g/mol. The van der Waals surface area contributed by atoms with Gasteiger partial charge in [0.25, 0.3) is 0 Å². The molecule has 16 nitrogen and oxygen atoms in total. The number of aliphatic hydroxyl groups excluding tert-OH is 1. The number of hydrogen-bond acceptors (Lipinski definition) is 11. The third kappa shape index (κ3) is 6.76. The molecule has 6 atom stereocenters. The molecule has 0 radical (unpaired) electrons. The van der Waals surface area contributed by atoms with Crippen molar-refractivity contribution in [1.82, 2.24) is 9.55 Å². The summed E-state index contributed by atoms with van der Waals surface area (Å²) in [5.41, 5.74) is 4.55. The molecule has 2 rings (SSSR count). The number of nitrogens with two attached hydrogens (primary N) is 1. The molecule has 7 N–H and O–H groups in total. The highest BCUT2D eigenvalue weighted by molar-refractivity contribution is 7.66. The lowest BCUT2D eigenvalue weighted by molar-refractivity contribution is -0.0527. The van der Waals surface area contributed by atoms with Crippen LogP contribution in [0.5, 0.6) is 0 Å². The summed E-state index contributed by atoms with van der Waals surface area (Å²) >= 11 is 0. The van der Waals surface area contributed by atoms with Crippen LogP contribution in [0.25, 0.3) is 0 Å². The predicted octanol–water partition coefficient (Wildman–Crippen LogP) is -0.937. The van der Waals surface area contributed by atoms with Crippen LogP contribution in [-0.2, 0) is 31.6 Å². The summed E-state index contributed by atoms with van der Waals surface area (Å²) in [5.74, 6) is -0.812. The van der Waals surface area contributed by atoms with Gasteiger partial charge < -0.3 is 35.2 Å². The van der Waals surface area contributed by atoms with Gasteiger partial charge in [-0.25, -0.2) is 18.5 Å². The molecule has 0 aromatic carbocycles. The van der Waals surface area contributed by atoms with Crippen LogP contribution in [0, 0.1) is 5.92 Å². The summed E-state index contributed by atoms with van der Waals surface area (Å²) in [6.45, 7) is 0.695. The van der Waals surface area contributed by atoms with Crippen LogP contribution < -0.4 is 11.4 Å². The molecule has 0 saturated carbocycles. The molecule has 0 amide bonds. The highest BCUT2D eigenvalue weighted by Crippen LogP contribution is 2.66. The third-order valence-electron chi connectivity index (χ3n) is 3.68. The molecule has 19 heteroatoms. The lowest BCUT2D eigenvalue weighted by Gasteiger charge is -2.19. The molecule has 1 fully saturated rings. The number of nitrogens with zero attached hydrogens (tertiary/aromatic N) is 2. The highest BCUT2D eigenvalue weighted by atomic mass is 31.3. The average molecular weight is 481 g/mol. The van der Waals surface area contributed by atoms with Gasteiger partial charge in [0.2, 0.25) is 0 Å². The average Bonchev–Trinajstić information content (AvgIpc) is 2.78. The minimum atomic E-state index is -5.65. The smallest absolute Gasteiger partial charge is 0.388 e. The standard InChI is InChI=1S/C10H18N3O13P3/c1-5-6(4-23-28(19,20)26-29(21,22)25-27(16,17)18)24-9(8(5)14)13-3-2-7(11)12-10(13)15/h2-3,5-6,8-9,14H,4H2,1H3,(H,19,20)(H,21,22)(H2,11,12,15)(H2,16,17,18). The molecule has 1 aromatic heterocycles. The Morgan fingerprint density at radius 3 is 2.38 bits per heavy atom. The maximum atomic E-state index is 11.9. The zero-order valence-corrected chi connectivity index (χ0v) is 17.2. The molecule has 0 aliphatic carbocycles. The number of ether oxygens (including phenoxy) is 1. The minimum absolute atomic E-state index is 0.0593. The number of rotatable bonds is 8. The molecule has 166 valence electrons. The SMILES string of the molecule is CC1C(COP(=O)(O)OP(=O)(O)OP(=O)(O)O)OC(n2ccc(N)nc2=O)C1O. The molecule has 1 saturated heterocycles. The van der Waals surface area contributed by atoms with E-state index in [9.17, 15) is 28.5 Å². The van der Waals surface area contributed by atoms with E-state index in [0.29, 0.717) is 0 Å². The summed E-state index contributed by atoms with van der Waals surface area (Å²) in [5, 5.41) is 10.3. The Morgan fingerprint density at radius 2 is 1.83 bits per heavy atom. The number of phosphoric acid groups is 3. The van der Waals surface area contributed by atoms with Gasteiger partial charge in [0.1, 0.15) is 11.9 Å². The maximum absolute atomic E-state index is 11.9. The van der Waals surface area contributed by atoms with Gasteiger partial charge in [0.05, 0.1) is 12.7 Å². The Bertz CT molecular complexity index is 946. The van der Waals surface area contributed by atoms with Gasteiger partial charge in [-0.1, -0.05) is 6.92 Å². The first-order chi connectivity index (χ1) is 13.1. The van der Waals surface area contributed by atoms with Crippen LogP contribution in [0.3, 0.4) is 0 Å². The summed E-state index contributed by atoms with van der Waals surface area (Å²) in [6.07, 6.45) is -2.38. The lowest BCUT2D eigenvalue weighted by atomic mass is 10.0. The van der Waals surface area contributed by atoms with E-state index in [1.807, 2.05) is 0 Å². The molecule has 2 heterocycles. The van der Waals surface area contributed by atoms with Gasteiger partial charge in [-0.05, 0) is 6.07 Å². The van der Waals surface area contributed by atoms with Crippen molar-refractivity contribution in [2.24, 2.45) is 5.92 Å². The summed E-state index contributed by atoms with van der Waals surface area (Å²) in [6, 6.07) is 1.28. The van der Waals surface area contributed by atoms with Gasteiger partial charge in [0, 0.05) is 12.1 Å². The van der Waals surface area contributed by atoms with Crippen molar-refractivity contribution in [2.75, 3.05) is 12.3 Å². The van der Waals surface area contributed by atoms with Crippen molar-refractivity contribution in [1.29, 1.82) is 0 Å². The van der Waals surface area contributed by atoms with Gasteiger partial charge in [0.15, 0.2) is 6.23 Å². The Morgan fingerprint density at radius 1 is 1.21 bits per heavy atom. The first-order valence-electron chi connectivity index (χ1n) is 7.57. The van der Waals surface area contributed by atoms with Crippen LogP contribution in [0.4, 0.5) is 5.82 Å². The second-order valence-corrected chi connectivity index (χ2v) is 10.3. The molecule has 0 bridgehead atoms. The third-order valence-corrected chi connectivity index (χ3v) is 7.48. The largest absolute Gasteiger partial charge is 0.490 e. The molecule has 0 spiro atoms. The van der Waals surface area contributed by atoms with Crippen LogP contribution in [0.1, 0.15) is 13.2 Å². The van der Waals surface area contributed by atoms with Crippen molar-refractivity contribution < 1.29 is 56.3 Å². The number of hydrogen-bond donors (Lipinski definition) is 6. The summed E-state index contributed by atoms with van der Waals surface area (Å²) < 4.78 is 51.6. The lowest BCUT2D eigenvalue weighted by Crippen LogP contribution is -2.33. The zero-order chi connectivity index (χ0) is 22.2. The minimum Gasteiger partial charge on any atom is -0.388 e. The maximum Gasteiger partial charge on any atom is 0.490 e. The predicted molar refractivity (Wildman–Crippen MR) is 91.8 cm³/mol. The second kappa shape index (κ2) is 8.63. The van der Waals surface area contributed by atoms with Gasteiger partial charge in [-0.15, -0.1) is 0 Å². The molecule has 1 aromatic rings. The molecule has 6 unspecified atom stereocenters. The molecular weight excluding hydrogens is 463 g/mol. The van der Waals surface area contributed by atoms with E-state index in [4.69, 9.17) is 25.2 Å². The van der Waals surface area contributed by atoms with E-state index in [2.05, 4.69) is 18.1 Å². The van der Waals surface area contributed by atoms with Crippen LogP contribution in [-0.4, -0.2) is 53.0 Å². The van der Waals surface area contributed by atoms with Crippen molar-refractivity contribution in [3.05, 3.63) is 22.7 Å². The van der Waals surface area contributed by atoms with Crippen LogP contribution in [0.15, 0.2) is 17.1 Å². The molecular formula is C10H18N3O13P3. The Kier molecular flexibility index (Phi) is 7.23. The van der Waals surface area contributed by atoms with E-state index in [1.54, 1.807) is 0 Å². The fraction of sp³-hybridized carbons (Fsp3) is 0.600. The van der Waals surface area contributed by atoms with Crippen LogP contribution in [0.2, 0.25) is 0 Å². The Labute approximate surface area is 162 Å². The number of nitrogen functional groups attached to an aromatic ring is 1. The number of aliphatic hydroxyl groups is 1. The zero-order valence-electron chi connectivity index (χ0n) is 14.5. The van der Waals surface area contributed by atoms with Gasteiger partial charge >= 0.3 is 29.2 Å².